The van der Waals surface area contributed by atoms with Crippen molar-refractivity contribution in [2.45, 2.75) is 59.3 Å². The SMILES string of the molecule is CC(C)c1cc(C(C)C)c([O-])c(C(C)C)c1.[Li+]. The Balaban J connectivity index is 0.00000256. The third-order valence-corrected chi connectivity index (χ3v) is 3.08. The molecule has 0 spiro atoms. The van der Waals surface area contributed by atoms with Gasteiger partial charge in [0.05, 0.1) is 0 Å². The van der Waals surface area contributed by atoms with Crippen molar-refractivity contribution in [3.63, 3.8) is 0 Å². The first-order valence-electron chi connectivity index (χ1n) is 6.19. The first-order chi connectivity index (χ1) is 7.34. The molecule has 0 aliphatic carbocycles. The van der Waals surface area contributed by atoms with Gasteiger partial charge in [0.15, 0.2) is 0 Å². The van der Waals surface area contributed by atoms with Crippen LogP contribution in [0.25, 0.3) is 0 Å². The number of rotatable bonds is 3. The number of hydrogen-bond acceptors (Lipinski definition) is 1. The molecule has 0 aliphatic heterocycles. The molecule has 2 heteroatoms. The topological polar surface area (TPSA) is 23.1 Å². The van der Waals surface area contributed by atoms with Crippen molar-refractivity contribution in [2.24, 2.45) is 0 Å². The van der Waals surface area contributed by atoms with Crippen LogP contribution in [0.2, 0.25) is 0 Å². The van der Waals surface area contributed by atoms with Crippen LogP contribution in [-0.4, -0.2) is 0 Å². The van der Waals surface area contributed by atoms with Crippen LogP contribution >= 0.6 is 0 Å². The normalized spacial score (nSPS) is 11.1. The number of hydrogen-bond donors (Lipinski definition) is 0. The molecule has 0 unspecified atom stereocenters. The van der Waals surface area contributed by atoms with Gasteiger partial charge in [-0.15, -0.1) is 5.75 Å². The Bertz CT molecular complexity index is 338. The summed E-state index contributed by atoms with van der Waals surface area (Å²) in [6.07, 6.45) is 0. The summed E-state index contributed by atoms with van der Waals surface area (Å²) in [7, 11) is 0. The standard InChI is InChI=1S/C15H24O.Li/c1-9(2)12-7-13(10(3)4)15(16)14(8-12)11(5)6;/h7-11,16H,1-6H3;/q;+1/p-1. The van der Waals surface area contributed by atoms with Gasteiger partial charge in [0.25, 0.3) is 0 Å². The van der Waals surface area contributed by atoms with E-state index in [-0.39, 0.29) is 24.6 Å². The molecule has 0 saturated heterocycles. The summed E-state index contributed by atoms with van der Waals surface area (Å²) in [4.78, 5) is 0. The van der Waals surface area contributed by atoms with Crippen LogP contribution in [0.1, 0.15) is 76.0 Å². The maximum Gasteiger partial charge on any atom is 1.00 e. The van der Waals surface area contributed by atoms with E-state index in [0.29, 0.717) is 17.8 Å². The van der Waals surface area contributed by atoms with E-state index in [4.69, 9.17) is 0 Å². The van der Waals surface area contributed by atoms with Gasteiger partial charge in [-0.05, 0) is 23.3 Å². The predicted molar refractivity (Wildman–Crippen MR) is 68.2 cm³/mol. The second kappa shape index (κ2) is 6.52. The van der Waals surface area contributed by atoms with Crippen molar-refractivity contribution in [1.29, 1.82) is 0 Å². The maximum absolute atomic E-state index is 12.2. The van der Waals surface area contributed by atoms with Crippen LogP contribution in [0, 0.1) is 0 Å². The molecule has 1 nitrogen and oxygen atoms in total. The summed E-state index contributed by atoms with van der Waals surface area (Å²) in [6, 6.07) is 4.17. The quantitative estimate of drug-likeness (QED) is 0.709. The van der Waals surface area contributed by atoms with Gasteiger partial charge >= 0.3 is 18.9 Å². The Hall–Kier alpha value is -0.383. The molecule has 0 amide bonds. The fourth-order valence-electron chi connectivity index (χ4n) is 1.89. The van der Waals surface area contributed by atoms with E-state index in [2.05, 4.69) is 53.7 Å². The molecule has 0 fully saturated rings. The van der Waals surface area contributed by atoms with Crippen molar-refractivity contribution in [2.75, 3.05) is 0 Å². The van der Waals surface area contributed by atoms with Crippen molar-refractivity contribution >= 4 is 0 Å². The van der Waals surface area contributed by atoms with E-state index in [9.17, 15) is 5.11 Å². The average Bonchev–Trinajstić information content (AvgIpc) is 2.16. The van der Waals surface area contributed by atoms with Gasteiger partial charge in [-0.1, -0.05) is 64.8 Å². The Morgan fingerprint density at radius 3 is 1.35 bits per heavy atom. The van der Waals surface area contributed by atoms with Crippen LogP contribution in [0.5, 0.6) is 5.75 Å². The molecule has 1 rings (SSSR count). The van der Waals surface area contributed by atoms with Gasteiger partial charge in [0.2, 0.25) is 0 Å². The van der Waals surface area contributed by atoms with E-state index >= 15 is 0 Å². The minimum atomic E-state index is 0. The zero-order valence-corrected chi connectivity index (χ0v) is 12.3. The summed E-state index contributed by atoms with van der Waals surface area (Å²) in [6.45, 7) is 12.7. The predicted octanol–water partition coefficient (Wildman–Crippen LogP) is 1.13. The van der Waals surface area contributed by atoms with Gasteiger partial charge < -0.3 is 5.11 Å². The molecule has 0 aliphatic rings. The van der Waals surface area contributed by atoms with Gasteiger partial charge in [-0.3, -0.25) is 0 Å². The van der Waals surface area contributed by atoms with E-state index < -0.39 is 0 Å². The van der Waals surface area contributed by atoms with E-state index in [1.54, 1.807) is 0 Å². The molecule has 0 heterocycles. The first kappa shape index (κ1) is 16.6. The maximum atomic E-state index is 12.2. The summed E-state index contributed by atoms with van der Waals surface area (Å²) in [5.41, 5.74) is 3.22. The summed E-state index contributed by atoms with van der Waals surface area (Å²) in [5, 5.41) is 12.2. The van der Waals surface area contributed by atoms with Gasteiger partial charge in [0.1, 0.15) is 0 Å². The van der Waals surface area contributed by atoms with E-state index in [1.807, 2.05) is 0 Å². The first-order valence-corrected chi connectivity index (χ1v) is 6.19. The smallest absolute Gasteiger partial charge is 0.872 e. The molecule has 0 radical (unpaired) electrons. The fraction of sp³-hybridized carbons (Fsp3) is 0.600. The largest absolute Gasteiger partial charge is 1.00 e. The minimum Gasteiger partial charge on any atom is -0.872 e. The summed E-state index contributed by atoms with van der Waals surface area (Å²) < 4.78 is 0. The average molecular weight is 226 g/mol. The summed E-state index contributed by atoms with van der Waals surface area (Å²) >= 11 is 0. The molecule has 1 aromatic rings. The minimum absolute atomic E-state index is 0. The Morgan fingerprint density at radius 1 is 0.765 bits per heavy atom. The molecular formula is C15H23LiO. The van der Waals surface area contributed by atoms with Crippen LogP contribution in [-0.2, 0) is 0 Å². The third kappa shape index (κ3) is 3.80. The zero-order valence-electron chi connectivity index (χ0n) is 12.3. The van der Waals surface area contributed by atoms with Crippen LogP contribution in [0.4, 0.5) is 0 Å². The van der Waals surface area contributed by atoms with E-state index in [0.717, 1.165) is 11.1 Å². The molecule has 0 N–H and O–H groups in total. The van der Waals surface area contributed by atoms with Crippen molar-refractivity contribution in [3.05, 3.63) is 28.8 Å². The molecule has 17 heavy (non-hydrogen) atoms. The molecule has 1 aromatic carbocycles. The molecule has 90 valence electrons. The van der Waals surface area contributed by atoms with Crippen molar-refractivity contribution in [1.82, 2.24) is 0 Å². The second-order valence-electron chi connectivity index (χ2n) is 5.49. The summed E-state index contributed by atoms with van der Waals surface area (Å²) in [5.74, 6) is 1.34. The Morgan fingerprint density at radius 2 is 1.12 bits per heavy atom. The number of benzene rings is 1. The van der Waals surface area contributed by atoms with Crippen molar-refractivity contribution < 1.29 is 24.0 Å². The molecular weight excluding hydrogens is 203 g/mol. The molecule has 0 aromatic heterocycles. The van der Waals surface area contributed by atoms with Crippen LogP contribution in [0.15, 0.2) is 12.1 Å². The Kier molecular flexibility index (Phi) is 6.38. The third-order valence-electron chi connectivity index (χ3n) is 3.08. The monoisotopic (exact) mass is 226 g/mol. The van der Waals surface area contributed by atoms with Gasteiger partial charge in [-0.25, -0.2) is 0 Å². The molecule has 0 atom stereocenters. The van der Waals surface area contributed by atoms with Gasteiger partial charge in [0, 0.05) is 0 Å². The zero-order chi connectivity index (χ0) is 12.5. The van der Waals surface area contributed by atoms with Crippen LogP contribution < -0.4 is 24.0 Å². The molecule has 0 saturated carbocycles. The molecule has 0 bridgehead atoms. The van der Waals surface area contributed by atoms with Crippen LogP contribution in [0.3, 0.4) is 0 Å². The fourth-order valence-corrected chi connectivity index (χ4v) is 1.89. The van der Waals surface area contributed by atoms with Gasteiger partial charge in [-0.2, -0.15) is 0 Å². The second-order valence-corrected chi connectivity index (χ2v) is 5.49. The van der Waals surface area contributed by atoms with E-state index in [1.165, 1.54) is 5.56 Å². The Labute approximate surface area is 118 Å². The van der Waals surface area contributed by atoms with Crippen molar-refractivity contribution in [3.8, 4) is 5.75 Å².